The van der Waals surface area contributed by atoms with Crippen molar-refractivity contribution in [3.05, 3.63) is 41.5 Å². The molecule has 7 heteroatoms. The first-order chi connectivity index (χ1) is 7.97. The molecule has 2 rings (SSSR count). The van der Waals surface area contributed by atoms with Crippen molar-refractivity contribution in [3.8, 4) is 5.69 Å². The zero-order valence-corrected chi connectivity index (χ0v) is 8.69. The lowest BCUT2D eigenvalue weighted by atomic mass is 10.3. The Morgan fingerprint density at radius 2 is 1.88 bits per heavy atom. The van der Waals surface area contributed by atoms with Crippen LogP contribution >= 0.6 is 0 Å². The number of hydrogen-bond acceptors (Lipinski definition) is 3. The van der Waals surface area contributed by atoms with Gasteiger partial charge in [-0.25, -0.2) is 23.2 Å². The van der Waals surface area contributed by atoms with Gasteiger partial charge in [-0.2, -0.15) is 0 Å². The fourth-order valence-corrected chi connectivity index (χ4v) is 1.39. The molecule has 0 unspecified atom stereocenters. The van der Waals surface area contributed by atoms with E-state index in [9.17, 15) is 13.6 Å². The molecule has 0 fully saturated rings. The lowest BCUT2D eigenvalue weighted by Crippen LogP contribution is -2.03. The summed E-state index contributed by atoms with van der Waals surface area (Å²) in [5, 5.41) is 12.3. The topological polar surface area (TPSA) is 68.0 Å². The van der Waals surface area contributed by atoms with E-state index in [1.807, 2.05) is 0 Å². The molecule has 0 aliphatic heterocycles. The van der Waals surface area contributed by atoms with E-state index in [-0.39, 0.29) is 11.5 Å². The van der Waals surface area contributed by atoms with Crippen LogP contribution in [0.1, 0.15) is 16.4 Å². The molecule has 1 aromatic carbocycles. The van der Waals surface area contributed by atoms with Gasteiger partial charge in [-0.05, 0) is 19.1 Å². The van der Waals surface area contributed by atoms with E-state index in [0.29, 0.717) is 6.07 Å². The highest BCUT2D eigenvalue weighted by Crippen LogP contribution is 2.13. The monoisotopic (exact) mass is 239 g/mol. The van der Waals surface area contributed by atoms with E-state index in [1.54, 1.807) is 0 Å². The van der Waals surface area contributed by atoms with Gasteiger partial charge in [0.1, 0.15) is 17.5 Å². The highest BCUT2D eigenvalue weighted by Gasteiger charge is 2.14. The second-order valence-corrected chi connectivity index (χ2v) is 3.33. The molecule has 0 radical (unpaired) electrons. The van der Waals surface area contributed by atoms with E-state index >= 15 is 0 Å². The second kappa shape index (κ2) is 3.93. The lowest BCUT2D eigenvalue weighted by Gasteiger charge is -2.02. The minimum atomic E-state index is -1.30. The summed E-state index contributed by atoms with van der Waals surface area (Å²) >= 11 is 0. The standard InChI is InChI=1S/C10H7F2N3O2/c1-5-13-9(10(16)17)14-15(5)8-3-6(11)2-7(12)4-8/h2-4H,1H3,(H,16,17). The van der Waals surface area contributed by atoms with E-state index in [4.69, 9.17) is 5.11 Å². The van der Waals surface area contributed by atoms with Crippen LogP contribution in [-0.4, -0.2) is 25.8 Å². The molecule has 0 spiro atoms. The average molecular weight is 239 g/mol. The number of benzene rings is 1. The van der Waals surface area contributed by atoms with Crippen molar-refractivity contribution in [1.82, 2.24) is 14.8 Å². The normalized spacial score (nSPS) is 10.5. The van der Waals surface area contributed by atoms with Crippen molar-refractivity contribution in [2.45, 2.75) is 6.92 Å². The molecule has 1 N–H and O–H groups in total. The predicted octanol–water partition coefficient (Wildman–Crippen LogP) is 1.55. The van der Waals surface area contributed by atoms with Gasteiger partial charge in [0, 0.05) is 6.07 Å². The minimum Gasteiger partial charge on any atom is -0.475 e. The molecule has 88 valence electrons. The zero-order chi connectivity index (χ0) is 12.6. The molecule has 0 saturated carbocycles. The zero-order valence-electron chi connectivity index (χ0n) is 8.69. The molecule has 0 atom stereocenters. The second-order valence-electron chi connectivity index (χ2n) is 3.33. The van der Waals surface area contributed by atoms with Crippen LogP contribution in [-0.2, 0) is 0 Å². The first kappa shape index (κ1) is 11.2. The summed E-state index contributed by atoms with van der Waals surface area (Å²) in [4.78, 5) is 14.3. The van der Waals surface area contributed by atoms with Crippen LogP contribution in [0.5, 0.6) is 0 Å². The summed E-state index contributed by atoms with van der Waals surface area (Å²) in [6.45, 7) is 1.49. The lowest BCUT2D eigenvalue weighted by molar-refractivity contribution is 0.0683. The third-order valence-corrected chi connectivity index (χ3v) is 2.05. The Hall–Kier alpha value is -2.31. The van der Waals surface area contributed by atoms with Crippen molar-refractivity contribution in [2.75, 3.05) is 0 Å². The van der Waals surface area contributed by atoms with Crippen LogP contribution in [0.25, 0.3) is 5.69 Å². The van der Waals surface area contributed by atoms with Crippen LogP contribution in [0, 0.1) is 18.6 Å². The quantitative estimate of drug-likeness (QED) is 0.863. The predicted molar refractivity (Wildman–Crippen MR) is 53.0 cm³/mol. The molecule has 17 heavy (non-hydrogen) atoms. The summed E-state index contributed by atoms with van der Waals surface area (Å²) < 4.78 is 27.1. The number of nitrogens with zero attached hydrogens (tertiary/aromatic N) is 3. The molecular weight excluding hydrogens is 232 g/mol. The van der Waals surface area contributed by atoms with Gasteiger partial charge in [-0.15, -0.1) is 5.10 Å². The van der Waals surface area contributed by atoms with Gasteiger partial charge in [0.25, 0.3) is 5.82 Å². The largest absolute Gasteiger partial charge is 0.475 e. The van der Waals surface area contributed by atoms with Gasteiger partial charge >= 0.3 is 5.97 Å². The molecule has 0 amide bonds. The Bertz CT molecular complexity index is 575. The summed E-state index contributed by atoms with van der Waals surface area (Å²) in [5.74, 6) is -3.04. The Balaban J connectivity index is 2.56. The first-order valence-electron chi connectivity index (χ1n) is 4.61. The number of aryl methyl sites for hydroxylation is 1. The summed E-state index contributed by atoms with van der Waals surface area (Å²) in [6.07, 6.45) is 0. The highest BCUT2D eigenvalue weighted by molar-refractivity contribution is 5.83. The van der Waals surface area contributed by atoms with Crippen molar-refractivity contribution in [1.29, 1.82) is 0 Å². The smallest absolute Gasteiger partial charge is 0.375 e. The number of hydrogen-bond donors (Lipinski definition) is 1. The van der Waals surface area contributed by atoms with Crippen LogP contribution < -0.4 is 0 Å². The fourth-order valence-electron chi connectivity index (χ4n) is 1.39. The van der Waals surface area contributed by atoms with E-state index in [0.717, 1.165) is 16.8 Å². The highest BCUT2D eigenvalue weighted by atomic mass is 19.1. The van der Waals surface area contributed by atoms with Crippen LogP contribution in [0.2, 0.25) is 0 Å². The molecule has 1 aromatic heterocycles. The SMILES string of the molecule is Cc1nc(C(=O)O)nn1-c1cc(F)cc(F)c1. The molecule has 0 aliphatic carbocycles. The molecule has 0 saturated heterocycles. The number of carboxylic acid groups (broad SMARTS) is 1. The van der Waals surface area contributed by atoms with Crippen LogP contribution in [0.15, 0.2) is 18.2 Å². The van der Waals surface area contributed by atoms with Gasteiger partial charge < -0.3 is 5.11 Å². The molecule has 2 aromatic rings. The number of rotatable bonds is 2. The molecule has 5 nitrogen and oxygen atoms in total. The Kier molecular flexibility index (Phi) is 2.58. The maximum atomic E-state index is 13.0. The molecular formula is C10H7F2N3O2. The van der Waals surface area contributed by atoms with Gasteiger partial charge in [0.15, 0.2) is 0 Å². The number of halogens is 2. The molecule has 0 aliphatic rings. The van der Waals surface area contributed by atoms with Crippen molar-refractivity contribution >= 4 is 5.97 Å². The Morgan fingerprint density at radius 3 is 2.35 bits per heavy atom. The molecule has 1 heterocycles. The summed E-state index contributed by atoms with van der Waals surface area (Å²) in [7, 11) is 0. The average Bonchev–Trinajstić information content (AvgIpc) is 2.59. The number of carbonyl (C=O) groups is 1. The van der Waals surface area contributed by atoms with Gasteiger partial charge in [-0.3, -0.25) is 0 Å². The number of aromatic carboxylic acids is 1. The van der Waals surface area contributed by atoms with Crippen LogP contribution in [0.4, 0.5) is 8.78 Å². The minimum absolute atomic E-state index is 0.0833. The van der Waals surface area contributed by atoms with E-state index in [2.05, 4.69) is 10.1 Å². The third-order valence-electron chi connectivity index (χ3n) is 2.05. The van der Waals surface area contributed by atoms with Crippen LogP contribution in [0.3, 0.4) is 0 Å². The summed E-state index contributed by atoms with van der Waals surface area (Å²) in [6, 6.07) is 2.79. The molecule has 0 bridgehead atoms. The van der Waals surface area contributed by atoms with Gasteiger partial charge in [-0.1, -0.05) is 0 Å². The van der Waals surface area contributed by atoms with Crippen molar-refractivity contribution < 1.29 is 18.7 Å². The van der Waals surface area contributed by atoms with Crippen molar-refractivity contribution in [2.24, 2.45) is 0 Å². The van der Waals surface area contributed by atoms with E-state index in [1.165, 1.54) is 6.92 Å². The summed E-state index contributed by atoms with van der Waals surface area (Å²) in [5.41, 5.74) is 0.0833. The maximum absolute atomic E-state index is 13.0. The number of aromatic nitrogens is 3. The fraction of sp³-hybridized carbons (Fsp3) is 0.100. The van der Waals surface area contributed by atoms with E-state index < -0.39 is 23.4 Å². The van der Waals surface area contributed by atoms with Gasteiger partial charge in [0.2, 0.25) is 0 Å². The van der Waals surface area contributed by atoms with Crippen molar-refractivity contribution in [3.63, 3.8) is 0 Å². The van der Waals surface area contributed by atoms with Gasteiger partial charge in [0.05, 0.1) is 5.69 Å². The number of carboxylic acids is 1. The first-order valence-corrected chi connectivity index (χ1v) is 4.61. The maximum Gasteiger partial charge on any atom is 0.375 e. The Morgan fingerprint density at radius 1 is 1.29 bits per heavy atom. The third kappa shape index (κ3) is 2.12. The Labute approximate surface area is 94.3 Å².